The third-order valence-electron chi connectivity index (χ3n) is 3.46. The lowest BCUT2D eigenvalue weighted by molar-refractivity contribution is 0.477. The summed E-state index contributed by atoms with van der Waals surface area (Å²) in [7, 11) is 0. The second-order valence-electron chi connectivity index (χ2n) is 5.30. The summed E-state index contributed by atoms with van der Waals surface area (Å²) in [5, 5.41) is 0. The van der Waals surface area contributed by atoms with Crippen molar-refractivity contribution in [3.05, 3.63) is 47.8 Å². The molecular formula is C15H22N4. The fraction of sp³-hybridized carbons (Fsp3) is 0.467. The largest absolute Gasteiger partial charge is 0.330 e. The molecule has 0 aliphatic heterocycles. The number of pyridine rings is 1. The van der Waals surface area contributed by atoms with Gasteiger partial charge in [-0.3, -0.25) is 4.98 Å². The second kappa shape index (κ2) is 5.97. The van der Waals surface area contributed by atoms with Gasteiger partial charge in [-0.25, -0.2) is 4.98 Å². The highest BCUT2D eigenvalue weighted by molar-refractivity contribution is 5.14. The van der Waals surface area contributed by atoms with Crippen LogP contribution in [0.15, 0.2) is 30.7 Å². The Morgan fingerprint density at radius 3 is 2.74 bits per heavy atom. The van der Waals surface area contributed by atoms with Crippen LogP contribution < -0.4 is 5.73 Å². The first-order valence-electron chi connectivity index (χ1n) is 6.74. The molecule has 0 aliphatic carbocycles. The number of hydrogen-bond donors (Lipinski definition) is 1. The monoisotopic (exact) mass is 258 g/mol. The Kier molecular flexibility index (Phi) is 4.32. The van der Waals surface area contributed by atoms with Crippen molar-refractivity contribution in [3.8, 4) is 0 Å². The van der Waals surface area contributed by atoms with E-state index in [0.29, 0.717) is 18.4 Å². The number of imidazole rings is 1. The zero-order valence-electron chi connectivity index (χ0n) is 11.9. The average molecular weight is 258 g/mol. The molecule has 0 saturated carbocycles. The lowest BCUT2D eigenvalue weighted by atomic mass is 9.93. The van der Waals surface area contributed by atoms with Crippen molar-refractivity contribution in [1.82, 2.24) is 14.5 Å². The zero-order valence-corrected chi connectivity index (χ0v) is 11.9. The van der Waals surface area contributed by atoms with E-state index in [2.05, 4.69) is 28.4 Å². The standard InChI is InChI=1S/C15H22N4/c1-11(2)14(7-16)15-8-17-10-19(15)9-13-6-4-5-12(3)18-13/h4-6,8,10-11,14H,7,9,16H2,1-3H3. The summed E-state index contributed by atoms with van der Waals surface area (Å²) in [5.74, 6) is 0.846. The molecule has 0 radical (unpaired) electrons. The molecule has 2 rings (SSSR count). The molecule has 0 aromatic carbocycles. The third-order valence-corrected chi connectivity index (χ3v) is 3.46. The molecule has 102 valence electrons. The van der Waals surface area contributed by atoms with Gasteiger partial charge in [-0.15, -0.1) is 0 Å². The Hall–Kier alpha value is -1.68. The lowest BCUT2D eigenvalue weighted by Crippen LogP contribution is -2.21. The predicted molar refractivity (Wildman–Crippen MR) is 76.9 cm³/mol. The Balaban J connectivity index is 2.24. The summed E-state index contributed by atoms with van der Waals surface area (Å²) in [5.41, 5.74) is 9.18. The number of nitrogens with zero attached hydrogens (tertiary/aromatic N) is 3. The van der Waals surface area contributed by atoms with Gasteiger partial charge in [0.2, 0.25) is 0 Å². The number of aromatic nitrogens is 3. The Bertz CT molecular complexity index is 530. The third kappa shape index (κ3) is 3.20. The summed E-state index contributed by atoms with van der Waals surface area (Å²) in [4.78, 5) is 8.81. The summed E-state index contributed by atoms with van der Waals surface area (Å²) in [6.07, 6.45) is 3.79. The molecular weight excluding hydrogens is 236 g/mol. The van der Waals surface area contributed by atoms with Gasteiger partial charge in [0.15, 0.2) is 0 Å². The van der Waals surface area contributed by atoms with Crippen LogP contribution in [0, 0.1) is 12.8 Å². The molecule has 0 bridgehead atoms. The molecule has 0 saturated heterocycles. The second-order valence-corrected chi connectivity index (χ2v) is 5.30. The predicted octanol–water partition coefficient (Wildman–Crippen LogP) is 2.33. The maximum absolute atomic E-state index is 5.89. The van der Waals surface area contributed by atoms with Crippen molar-refractivity contribution in [3.63, 3.8) is 0 Å². The molecule has 2 N–H and O–H groups in total. The van der Waals surface area contributed by atoms with Gasteiger partial charge in [0.1, 0.15) is 0 Å². The fourth-order valence-electron chi connectivity index (χ4n) is 2.37. The van der Waals surface area contributed by atoms with Crippen LogP contribution in [0.1, 0.15) is 36.8 Å². The highest BCUT2D eigenvalue weighted by Crippen LogP contribution is 2.23. The van der Waals surface area contributed by atoms with Crippen LogP contribution in [0.25, 0.3) is 0 Å². The van der Waals surface area contributed by atoms with E-state index in [0.717, 1.165) is 17.9 Å². The van der Waals surface area contributed by atoms with E-state index in [1.54, 1.807) is 0 Å². The van der Waals surface area contributed by atoms with Gasteiger partial charge in [0.05, 0.1) is 18.6 Å². The van der Waals surface area contributed by atoms with Crippen molar-refractivity contribution < 1.29 is 0 Å². The molecule has 2 aromatic heterocycles. The van der Waals surface area contributed by atoms with Crippen LogP contribution in [0.2, 0.25) is 0 Å². The molecule has 2 heterocycles. The van der Waals surface area contributed by atoms with E-state index in [4.69, 9.17) is 5.73 Å². The smallest absolute Gasteiger partial charge is 0.0951 e. The minimum absolute atomic E-state index is 0.340. The van der Waals surface area contributed by atoms with Crippen LogP contribution in [0.3, 0.4) is 0 Å². The number of hydrogen-bond acceptors (Lipinski definition) is 3. The van der Waals surface area contributed by atoms with Crippen molar-refractivity contribution in [2.24, 2.45) is 11.7 Å². The molecule has 0 aliphatic rings. The number of nitrogens with two attached hydrogens (primary N) is 1. The van der Waals surface area contributed by atoms with Gasteiger partial charge in [-0.1, -0.05) is 19.9 Å². The van der Waals surface area contributed by atoms with Crippen molar-refractivity contribution in [2.75, 3.05) is 6.54 Å². The molecule has 0 amide bonds. The molecule has 1 atom stereocenters. The normalized spacial score (nSPS) is 12.9. The van der Waals surface area contributed by atoms with Gasteiger partial charge in [-0.2, -0.15) is 0 Å². The van der Waals surface area contributed by atoms with E-state index in [-0.39, 0.29) is 0 Å². The topological polar surface area (TPSA) is 56.7 Å². The van der Waals surface area contributed by atoms with Crippen LogP contribution in [0.4, 0.5) is 0 Å². The summed E-state index contributed by atoms with van der Waals surface area (Å²) in [6, 6.07) is 6.09. The molecule has 4 heteroatoms. The first-order valence-corrected chi connectivity index (χ1v) is 6.74. The molecule has 19 heavy (non-hydrogen) atoms. The van der Waals surface area contributed by atoms with Crippen molar-refractivity contribution in [1.29, 1.82) is 0 Å². The number of aryl methyl sites for hydroxylation is 1. The zero-order chi connectivity index (χ0) is 13.8. The Morgan fingerprint density at radius 2 is 2.11 bits per heavy atom. The molecule has 0 spiro atoms. The quantitative estimate of drug-likeness (QED) is 0.895. The Labute approximate surface area is 114 Å². The van der Waals surface area contributed by atoms with Gasteiger partial charge in [0.25, 0.3) is 0 Å². The van der Waals surface area contributed by atoms with Crippen LogP contribution in [-0.2, 0) is 6.54 Å². The minimum Gasteiger partial charge on any atom is -0.330 e. The van der Waals surface area contributed by atoms with Crippen molar-refractivity contribution in [2.45, 2.75) is 33.2 Å². The van der Waals surface area contributed by atoms with Crippen LogP contribution in [-0.4, -0.2) is 21.1 Å². The maximum atomic E-state index is 5.89. The molecule has 1 unspecified atom stereocenters. The van der Waals surface area contributed by atoms with E-state index in [9.17, 15) is 0 Å². The van der Waals surface area contributed by atoms with E-state index < -0.39 is 0 Å². The summed E-state index contributed by atoms with van der Waals surface area (Å²) < 4.78 is 2.15. The summed E-state index contributed by atoms with van der Waals surface area (Å²) in [6.45, 7) is 7.79. The Morgan fingerprint density at radius 1 is 1.32 bits per heavy atom. The lowest BCUT2D eigenvalue weighted by Gasteiger charge is -2.20. The first kappa shape index (κ1) is 13.7. The van der Waals surface area contributed by atoms with E-state index in [1.165, 1.54) is 5.69 Å². The van der Waals surface area contributed by atoms with Crippen LogP contribution >= 0.6 is 0 Å². The number of rotatable bonds is 5. The van der Waals surface area contributed by atoms with Crippen LogP contribution in [0.5, 0.6) is 0 Å². The highest BCUT2D eigenvalue weighted by atomic mass is 15.1. The first-order chi connectivity index (χ1) is 9.11. The van der Waals surface area contributed by atoms with Gasteiger partial charge < -0.3 is 10.3 Å². The summed E-state index contributed by atoms with van der Waals surface area (Å²) >= 11 is 0. The van der Waals surface area contributed by atoms with E-state index >= 15 is 0 Å². The highest BCUT2D eigenvalue weighted by Gasteiger charge is 2.18. The van der Waals surface area contributed by atoms with Crippen molar-refractivity contribution >= 4 is 0 Å². The van der Waals surface area contributed by atoms with E-state index in [1.807, 2.05) is 37.6 Å². The van der Waals surface area contributed by atoms with Gasteiger partial charge >= 0.3 is 0 Å². The molecule has 0 fully saturated rings. The maximum Gasteiger partial charge on any atom is 0.0951 e. The van der Waals surface area contributed by atoms with Gasteiger partial charge in [0, 0.05) is 30.0 Å². The molecule has 4 nitrogen and oxygen atoms in total. The fourth-order valence-corrected chi connectivity index (χ4v) is 2.37. The van der Waals surface area contributed by atoms with Gasteiger partial charge in [-0.05, 0) is 25.0 Å². The SMILES string of the molecule is Cc1cccc(Cn2cncc2C(CN)C(C)C)n1. The molecule has 2 aromatic rings. The average Bonchev–Trinajstić information content (AvgIpc) is 2.78. The minimum atomic E-state index is 0.340.